The van der Waals surface area contributed by atoms with Crippen LogP contribution in [0.5, 0.6) is 0 Å². The summed E-state index contributed by atoms with van der Waals surface area (Å²) in [6, 6.07) is 4.16. The monoisotopic (exact) mass is 285 g/mol. The number of nitrogens with zero attached hydrogens (tertiary/aromatic N) is 1. The third kappa shape index (κ3) is 3.44. The highest BCUT2D eigenvalue weighted by Crippen LogP contribution is 2.28. The summed E-state index contributed by atoms with van der Waals surface area (Å²) >= 11 is 5.85. The van der Waals surface area contributed by atoms with Crippen LogP contribution in [-0.4, -0.2) is 34.5 Å². The molecule has 1 amide bonds. The number of hydrogen-bond donors (Lipinski definition) is 1. The number of amides is 1. The van der Waals surface area contributed by atoms with E-state index >= 15 is 0 Å². The molecule has 0 saturated heterocycles. The summed E-state index contributed by atoms with van der Waals surface area (Å²) in [5.41, 5.74) is 0.116. The zero-order chi connectivity index (χ0) is 14.0. The van der Waals surface area contributed by atoms with E-state index in [1.165, 1.54) is 23.1 Å². The van der Waals surface area contributed by atoms with Gasteiger partial charge in [-0.2, -0.15) is 0 Å². The molecule has 1 aliphatic carbocycles. The second kappa shape index (κ2) is 5.57. The van der Waals surface area contributed by atoms with Crippen molar-refractivity contribution in [2.24, 2.45) is 0 Å². The van der Waals surface area contributed by atoms with E-state index in [2.05, 4.69) is 0 Å². The van der Waals surface area contributed by atoms with Crippen LogP contribution in [0.2, 0.25) is 5.02 Å². The molecule has 0 radical (unpaired) electrons. The lowest BCUT2D eigenvalue weighted by molar-refractivity contribution is -0.144. The number of benzene rings is 1. The molecule has 1 aliphatic rings. The minimum atomic E-state index is -1.07. The third-order valence-corrected chi connectivity index (χ3v) is 3.36. The van der Waals surface area contributed by atoms with Crippen molar-refractivity contribution in [3.63, 3.8) is 0 Å². The van der Waals surface area contributed by atoms with Gasteiger partial charge in [-0.25, -0.2) is 4.39 Å². The second-order valence-electron chi connectivity index (χ2n) is 4.52. The number of halogens is 2. The van der Waals surface area contributed by atoms with E-state index in [9.17, 15) is 14.0 Å². The molecule has 19 heavy (non-hydrogen) atoms. The molecule has 102 valence electrons. The van der Waals surface area contributed by atoms with Gasteiger partial charge >= 0.3 is 5.97 Å². The van der Waals surface area contributed by atoms with Crippen molar-refractivity contribution < 1.29 is 19.1 Å². The van der Waals surface area contributed by atoms with Crippen molar-refractivity contribution in [3.8, 4) is 0 Å². The summed E-state index contributed by atoms with van der Waals surface area (Å²) in [5.74, 6) is -2.02. The Bertz CT molecular complexity index is 496. The fraction of sp³-hybridized carbons (Fsp3) is 0.385. The van der Waals surface area contributed by atoms with Gasteiger partial charge in [-0.1, -0.05) is 17.7 Å². The average molecular weight is 286 g/mol. The quantitative estimate of drug-likeness (QED) is 0.901. The summed E-state index contributed by atoms with van der Waals surface area (Å²) in [6.45, 7) is -0.352. The van der Waals surface area contributed by atoms with Crippen LogP contribution in [0.25, 0.3) is 0 Å². The molecule has 0 spiro atoms. The molecule has 6 heteroatoms. The molecule has 1 aromatic rings. The Morgan fingerprint density at radius 1 is 1.42 bits per heavy atom. The molecular formula is C13H13ClFNO3. The number of carbonyl (C=O) groups is 2. The maximum Gasteiger partial charge on any atom is 0.323 e. The van der Waals surface area contributed by atoms with Gasteiger partial charge in [0.05, 0.1) is 6.42 Å². The Hall–Kier alpha value is -1.62. The molecule has 2 rings (SSSR count). The second-order valence-corrected chi connectivity index (χ2v) is 4.93. The Morgan fingerprint density at radius 2 is 2.11 bits per heavy atom. The fourth-order valence-electron chi connectivity index (χ4n) is 1.91. The van der Waals surface area contributed by atoms with Crippen LogP contribution in [-0.2, 0) is 16.0 Å². The van der Waals surface area contributed by atoms with E-state index in [0.717, 1.165) is 12.8 Å². The first-order valence-electron chi connectivity index (χ1n) is 5.93. The lowest BCUT2D eigenvalue weighted by Crippen LogP contribution is -2.38. The summed E-state index contributed by atoms with van der Waals surface area (Å²) < 4.78 is 13.6. The molecule has 1 fully saturated rings. The highest BCUT2D eigenvalue weighted by molar-refractivity contribution is 6.31. The molecule has 0 atom stereocenters. The smallest absolute Gasteiger partial charge is 0.323 e. The minimum Gasteiger partial charge on any atom is -0.480 e. The lowest BCUT2D eigenvalue weighted by atomic mass is 10.1. The van der Waals surface area contributed by atoms with Crippen LogP contribution < -0.4 is 0 Å². The first-order chi connectivity index (χ1) is 8.99. The van der Waals surface area contributed by atoms with Gasteiger partial charge in [0.1, 0.15) is 12.4 Å². The summed E-state index contributed by atoms with van der Waals surface area (Å²) in [5, 5.41) is 8.97. The van der Waals surface area contributed by atoms with Crippen molar-refractivity contribution in [2.45, 2.75) is 25.3 Å². The number of aliphatic carboxylic acids is 1. The summed E-state index contributed by atoms with van der Waals surface area (Å²) in [7, 11) is 0. The van der Waals surface area contributed by atoms with Gasteiger partial charge in [-0.3, -0.25) is 9.59 Å². The summed E-state index contributed by atoms with van der Waals surface area (Å²) in [6.07, 6.45) is 1.38. The number of carboxylic acid groups (broad SMARTS) is 1. The first-order valence-corrected chi connectivity index (χ1v) is 6.31. The molecule has 1 N–H and O–H groups in total. The molecule has 0 unspecified atom stereocenters. The van der Waals surface area contributed by atoms with Crippen molar-refractivity contribution >= 4 is 23.5 Å². The van der Waals surface area contributed by atoms with Crippen LogP contribution in [0.15, 0.2) is 18.2 Å². The number of carboxylic acids is 1. The SMILES string of the molecule is O=C(O)CN(C(=O)Cc1c(F)cccc1Cl)C1CC1. The van der Waals surface area contributed by atoms with Crippen LogP contribution in [0, 0.1) is 5.82 Å². The van der Waals surface area contributed by atoms with Crippen molar-refractivity contribution in [1.29, 1.82) is 0 Å². The van der Waals surface area contributed by atoms with Crippen LogP contribution in [0.3, 0.4) is 0 Å². The van der Waals surface area contributed by atoms with Gasteiger partial charge in [-0.15, -0.1) is 0 Å². The van der Waals surface area contributed by atoms with Gasteiger partial charge in [0.25, 0.3) is 0 Å². The molecule has 1 saturated carbocycles. The number of hydrogen-bond acceptors (Lipinski definition) is 2. The van der Waals surface area contributed by atoms with Gasteiger partial charge in [0.2, 0.25) is 5.91 Å². The van der Waals surface area contributed by atoms with Gasteiger partial charge in [0, 0.05) is 16.6 Å². The van der Waals surface area contributed by atoms with Crippen molar-refractivity contribution in [1.82, 2.24) is 4.90 Å². The molecule has 0 aliphatic heterocycles. The number of rotatable bonds is 5. The van der Waals surface area contributed by atoms with E-state index < -0.39 is 17.7 Å². The van der Waals surface area contributed by atoms with E-state index in [1.54, 1.807) is 0 Å². The summed E-state index contributed by atoms with van der Waals surface area (Å²) in [4.78, 5) is 24.1. The highest BCUT2D eigenvalue weighted by atomic mass is 35.5. The van der Waals surface area contributed by atoms with Crippen molar-refractivity contribution in [3.05, 3.63) is 34.6 Å². The zero-order valence-corrected chi connectivity index (χ0v) is 10.9. The standard InChI is InChI=1S/C13H13ClFNO3/c14-10-2-1-3-11(15)9(10)6-12(17)16(7-13(18)19)8-4-5-8/h1-3,8H,4-7H2,(H,18,19). The molecule has 0 aromatic heterocycles. The maximum atomic E-state index is 13.6. The largest absolute Gasteiger partial charge is 0.480 e. The minimum absolute atomic E-state index is 0.0332. The van der Waals surface area contributed by atoms with Gasteiger partial charge in [0.15, 0.2) is 0 Å². The highest BCUT2D eigenvalue weighted by Gasteiger charge is 2.34. The molecule has 4 nitrogen and oxygen atoms in total. The van der Waals surface area contributed by atoms with E-state index in [1.807, 2.05) is 0 Å². The Kier molecular flexibility index (Phi) is 4.04. The van der Waals surface area contributed by atoms with E-state index in [4.69, 9.17) is 16.7 Å². The van der Waals surface area contributed by atoms with Crippen LogP contribution in [0.1, 0.15) is 18.4 Å². The molecule has 0 bridgehead atoms. The third-order valence-electron chi connectivity index (χ3n) is 3.00. The average Bonchev–Trinajstić information content (AvgIpc) is 3.14. The predicted molar refractivity (Wildman–Crippen MR) is 67.5 cm³/mol. The Balaban J connectivity index is 2.12. The van der Waals surface area contributed by atoms with Crippen LogP contribution >= 0.6 is 11.6 Å². The fourth-order valence-corrected chi connectivity index (χ4v) is 2.14. The molecule has 1 aromatic carbocycles. The topological polar surface area (TPSA) is 57.6 Å². The molecular weight excluding hydrogens is 273 g/mol. The maximum absolute atomic E-state index is 13.6. The Morgan fingerprint density at radius 3 is 2.63 bits per heavy atom. The van der Waals surface area contributed by atoms with Crippen molar-refractivity contribution in [2.75, 3.05) is 6.54 Å². The van der Waals surface area contributed by atoms with E-state index in [0.29, 0.717) is 0 Å². The van der Waals surface area contributed by atoms with Gasteiger partial charge in [-0.05, 0) is 25.0 Å². The normalized spacial score (nSPS) is 14.2. The van der Waals surface area contributed by atoms with E-state index in [-0.39, 0.29) is 29.6 Å². The Labute approximate surface area is 114 Å². The zero-order valence-electron chi connectivity index (χ0n) is 10.1. The lowest BCUT2D eigenvalue weighted by Gasteiger charge is -2.20. The molecule has 0 heterocycles. The predicted octanol–water partition coefficient (Wildman–Crippen LogP) is 2.10. The van der Waals surface area contributed by atoms with Gasteiger partial charge < -0.3 is 10.0 Å². The first kappa shape index (κ1) is 13.8. The van der Waals surface area contributed by atoms with Crippen LogP contribution in [0.4, 0.5) is 4.39 Å². The number of carbonyl (C=O) groups excluding carboxylic acids is 1.